The molecule has 0 bridgehead atoms. The number of nitrogens with two attached hydrogens (primary N) is 1. The van der Waals surface area contributed by atoms with Crippen LogP contribution in [-0.4, -0.2) is 35.2 Å². The molecule has 98 valence electrons. The lowest BCUT2D eigenvalue weighted by atomic mass is 9.86. The first kappa shape index (κ1) is 11.7. The summed E-state index contributed by atoms with van der Waals surface area (Å²) in [6.45, 7) is 4.58. The van der Waals surface area contributed by atoms with E-state index in [1.165, 1.54) is 12.8 Å². The van der Waals surface area contributed by atoms with E-state index < -0.39 is 0 Å². The largest absolute Gasteiger partial charge is 0.478 e. The van der Waals surface area contributed by atoms with E-state index in [1.54, 1.807) is 6.33 Å². The molecule has 2 fully saturated rings. The van der Waals surface area contributed by atoms with Gasteiger partial charge in [-0.2, -0.15) is 0 Å². The molecule has 2 heterocycles. The second-order valence-corrected chi connectivity index (χ2v) is 5.43. The number of rotatable bonds is 5. The van der Waals surface area contributed by atoms with Crippen LogP contribution in [0.15, 0.2) is 12.4 Å². The first-order valence-corrected chi connectivity index (χ1v) is 6.70. The molecule has 2 aliphatic rings. The molecule has 5 nitrogen and oxygen atoms in total. The van der Waals surface area contributed by atoms with E-state index in [1.807, 2.05) is 6.07 Å². The van der Waals surface area contributed by atoms with E-state index in [0.717, 1.165) is 31.2 Å². The first-order chi connectivity index (χ1) is 8.71. The number of hydrogen-bond acceptors (Lipinski definition) is 5. The summed E-state index contributed by atoms with van der Waals surface area (Å²) in [5.41, 5.74) is 6.36. The normalized spacial score (nSPS) is 21.6. The highest BCUT2D eigenvalue weighted by atomic mass is 16.5. The van der Waals surface area contributed by atoms with Gasteiger partial charge in [0.1, 0.15) is 12.1 Å². The van der Waals surface area contributed by atoms with Crippen molar-refractivity contribution in [1.82, 2.24) is 9.97 Å². The Hall–Kier alpha value is -1.36. The maximum Gasteiger partial charge on any atom is 0.218 e. The maximum absolute atomic E-state index is 6.34. The van der Waals surface area contributed by atoms with Gasteiger partial charge in [0.2, 0.25) is 5.88 Å². The Kier molecular flexibility index (Phi) is 2.86. The number of nitrogens with zero attached hydrogens (tertiary/aromatic N) is 3. The van der Waals surface area contributed by atoms with Gasteiger partial charge in [-0.25, -0.2) is 9.97 Å². The van der Waals surface area contributed by atoms with Gasteiger partial charge < -0.3 is 15.4 Å². The zero-order valence-corrected chi connectivity index (χ0v) is 10.8. The highest BCUT2D eigenvalue weighted by molar-refractivity contribution is 5.46. The molecule has 1 saturated carbocycles. The lowest BCUT2D eigenvalue weighted by Crippen LogP contribution is -2.69. The molecule has 0 aromatic carbocycles. The molecule has 1 aromatic heterocycles. The molecule has 0 radical (unpaired) electrons. The molecule has 1 saturated heterocycles. The lowest BCUT2D eigenvalue weighted by Gasteiger charge is -2.48. The minimum atomic E-state index is 0.0232. The fourth-order valence-corrected chi connectivity index (χ4v) is 2.53. The van der Waals surface area contributed by atoms with Gasteiger partial charge in [-0.1, -0.05) is 6.92 Å². The van der Waals surface area contributed by atoms with Crippen molar-refractivity contribution in [2.24, 2.45) is 11.7 Å². The van der Waals surface area contributed by atoms with E-state index in [2.05, 4.69) is 21.8 Å². The number of hydrogen-bond donors (Lipinski definition) is 1. The van der Waals surface area contributed by atoms with Gasteiger partial charge in [0.15, 0.2) is 0 Å². The topological polar surface area (TPSA) is 64.3 Å². The Morgan fingerprint density at radius 3 is 2.89 bits per heavy atom. The van der Waals surface area contributed by atoms with E-state index in [0.29, 0.717) is 12.5 Å². The standard InChI is InChI=1S/C13H20N4O/c1-2-5-18-12-6-11(15-9-16-12)17-7-13(14,8-17)10-3-4-10/h6,9-10H,2-5,7-8,14H2,1H3. The summed E-state index contributed by atoms with van der Waals surface area (Å²) >= 11 is 0. The lowest BCUT2D eigenvalue weighted by molar-refractivity contribution is 0.286. The zero-order valence-electron chi connectivity index (χ0n) is 10.8. The average molecular weight is 248 g/mol. The summed E-state index contributed by atoms with van der Waals surface area (Å²) in [4.78, 5) is 10.6. The molecule has 0 amide bonds. The first-order valence-electron chi connectivity index (χ1n) is 6.70. The summed E-state index contributed by atoms with van der Waals surface area (Å²) < 4.78 is 5.52. The minimum Gasteiger partial charge on any atom is -0.478 e. The van der Waals surface area contributed by atoms with Crippen LogP contribution in [0.5, 0.6) is 5.88 Å². The number of ether oxygens (including phenoxy) is 1. The second-order valence-electron chi connectivity index (χ2n) is 5.43. The summed E-state index contributed by atoms with van der Waals surface area (Å²) in [6, 6.07) is 1.90. The van der Waals surface area contributed by atoms with Crippen LogP contribution < -0.4 is 15.4 Å². The van der Waals surface area contributed by atoms with Gasteiger partial charge in [0, 0.05) is 19.2 Å². The molecular weight excluding hydrogens is 228 g/mol. The van der Waals surface area contributed by atoms with Gasteiger partial charge in [-0.05, 0) is 25.2 Å². The smallest absolute Gasteiger partial charge is 0.218 e. The van der Waals surface area contributed by atoms with Crippen LogP contribution in [-0.2, 0) is 0 Å². The molecule has 1 aromatic rings. The Labute approximate surface area is 107 Å². The van der Waals surface area contributed by atoms with Gasteiger partial charge in [-0.15, -0.1) is 0 Å². The van der Waals surface area contributed by atoms with Crippen LogP contribution in [0, 0.1) is 5.92 Å². The molecule has 5 heteroatoms. The van der Waals surface area contributed by atoms with Crippen molar-refractivity contribution in [3.8, 4) is 5.88 Å². The molecule has 1 aliphatic carbocycles. The van der Waals surface area contributed by atoms with Crippen LogP contribution in [0.1, 0.15) is 26.2 Å². The van der Waals surface area contributed by atoms with Gasteiger partial charge in [-0.3, -0.25) is 0 Å². The van der Waals surface area contributed by atoms with E-state index in [-0.39, 0.29) is 5.54 Å². The fraction of sp³-hybridized carbons (Fsp3) is 0.692. The van der Waals surface area contributed by atoms with Crippen LogP contribution >= 0.6 is 0 Å². The predicted molar refractivity (Wildman–Crippen MR) is 69.7 cm³/mol. The van der Waals surface area contributed by atoms with Crippen molar-refractivity contribution in [3.05, 3.63) is 12.4 Å². The summed E-state index contributed by atoms with van der Waals surface area (Å²) in [7, 11) is 0. The van der Waals surface area contributed by atoms with Crippen molar-refractivity contribution in [1.29, 1.82) is 0 Å². The number of anilines is 1. The highest BCUT2D eigenvalue weighted by Gasteiger charge is 2.50. The van der Waals surface area contributed by atoms with Crippen LogP contribution in [0.3, 0.4) is 0 Å². The molecule has 1 aliphatic heterocycles. The predicted octanol–water partition coefficient (Wildman–Crippen LogP) is 1.19. The molecule has 3 rings (SSSR count). The van der Waals surface area contributed by atoms with E-state index >= 15 is 0 Å². The van der Waals surface area contributed by atoms with Crippen molar-refractivity contribution in [2.75, 3.05) is 24.6 Å². The minimum absolute atomic E-state index is 0.0232. The van der Waals surface area contributed by atoms with Crippen LogP contribution in [0.2, 0.25) is 0 Å². The van der Waals surface area contributed by atoms with Gasteiger partial charge in [0.05, 0.1) is 12.1 Å². The monoisotopic (exact) mass is 248 g/mol. The van der Waals surface area contributed by atoms with Crippen LogP contribution in [0.25, 0.3) is 0 Å². The third-order valence-electron chi connectivity index (χ3n) is 3.77. The van der Waals surface area contributed by atoms with E-state index in [9.17, 15) is 0 Å². The molecule has 18 heavy (non-hydrogen) atoms. The quantitative estimate of drug-likeness (QED) is 0.848. The Bertz CT molecular complexity index is 427. The van der Waals surface area contributed by atoms with E-state index in [4.69, 9.17) is 10.5 Å². The second kappa shape index (κ2) is 4.39. The Balaban J connectivity index is 1.63. The van der Waals surface area contributed by atoms with Gasteiger partial charge >= 0.3 is 0 Å². The van der Waals surface area contributed by atoms with Gasteiger partial charge in [0.25, 0.3) is 0 Å². The Morgan fingerprint density at radius 2 is 2.22 bits per heavy atom. The molecule has 0 atom stereocenters. The third-order valence-corrected chi connectivity index (χ3v) is 3.77. The average Bonchev–Trinajstić information content (AvgIpc) is 3.17. The molecular formula is C13H20N4O. The molecule has 0 unspecified atom stereocenters. The molecule has 0 spiro atoms. The SMILES string of the molecule is CCCOc1cc(N2CC(N)(C3CC3)C2)ncn1. The van der Waals surface area contributed by atoms with Crippen molar-refractivity contribution < 1.29 is 4.74 Å². The highest BCUT2D eigenvalue weighted by Crippen LogP contribution is 2.43. The Morgan fingerprint density at radius 1 is 1.44 bits per heavy atom. The summed E-state index contributed by atoms with van der Waals surface area (Å²) in [5.74, 6) is 2.31. The summed E-state index contributed by atoms with van der Waals surface area (Å²) in [6.07, 6.45) is 5.13. The number of aromatic nitrogens is 2. The van der Waals surface area contributed by atoms with Crippen molar-refractivity contribution in [2.45, 2.75) is 31.7 Å². The molecule has 2 N–H and O–H groups in total. The van der Waals surface area contributed by atoms with Crippen molar-refractivity contribution in [3.63, 3.8) is 0 Å². The van der Waals surface area contributed by atoms with Crippen LogP contribution in [0.4, 0.5) is 5.82 Å². The third kappa shape index (κ3) is 2.14. The summed E-state index contributed by atoms with van der Waals surface area (Å²) in [5, 5.41) is 0. The van der Waals surface area contributed by atoms with Crippen molar-refractivity contribution >= 4 is 5.82 Å². The fourth-order valence-electron chi connectivity index (χ4n) is 2.53. The zero-order chi connectivity index (χ0) is 12.6. The maximum atomic E-state index is 6.34.